The Labute approximate surface area is 123 Å². The Morgan fingerprint density at radius 3 is 2.84 bits per heavy atom. The molecule has 2 rings (SSSR count). The highest BCUT2D eigenvalue weighted by Gasteiger charge is 2.26. The van der Waals surface area contributed by atoms with Crippen molar-refractivity contribution in [2.24, 2.45) is 0 Å². The third-order valence-corrected chi connectivity index (χ3v) is 4.03. The molecule has 0 aromatic heterocycles. The lowest BCUT2D eigenvalue weighted by atomic mass is 10.0. The highest BCUT2D eigenvalue weighted by molar-refractivity contribution is 9.10. The number of benzene rings is 1. The summed E-state index contributed by atoms with van der Waals surface area (Å²) in [7, 11) is 0. The predicted molar refractivity (Wildman–Crippen MR) is 80.3 cm³/mol. The molecule has 1 heterocycles. The molecule has 1 fully saturated rings. The lowest BCUT2D eigenvalue weighted by Crippen LogP contribution is -2.48. The zero-order valence-electron chi connectivity index (χ0n) is 11.4. The number of halogens is 1. The van der Waals surface area contributed by atoms with Gasteiger partial charge in [0.1, 0.15) is 0 Å². The molecular formula is C15H22BrNO2. The first-order valence-electron chi connectivity index (χ1n) is 6.95. The molecule has 1 N–H and O–H groups in total. The molecule has 4 heteroatoms. The van der Waals surface area contributed by atoms with Crippen LogP contribution in [0.5, 0.6) is 0 Å². The monoisotopic (exact) mass is 327 g/mol. The van der Waals surface area contributed by atoms with Gasteiger partial charge in [-0.1, -0.05) is 35.0 Å². The zero-order chi connectivity index (χ0) is 13.7. The van der Waals surface area contributed by atoms with E-state index >= 15 is 0 Å². The summed E-state index contributed by atoms with van der Waals surface area (Å²) in [5, 5.41) is 10.3. The maximum absolute atomic E-state index is 10.3. The fourth-order valence-corrected chi connectivity index (χ4v) is 2.74. The molecule has 2 atom stereocenters. The van der Waals surface area contributed by atoms with Crippen molar-refractivity contribution in [3.63, 3.8) is 0 Å². The molecule has 1 aromatic carbocycles. The number of aliphatic hydroxyl groups excluding tert-OH is 1. The van der Waals surface area contributed by atoms with Crippen LogP contribution in [0.25, 0.3) is 0 Å². The minimum absolute atomic E-state index is 0.0658. The van der Waals surface area contributed by atoms with Gasteiger partial charge in [-0.05, 0) is 30.7 Å². The summed E-state index contributed by atoms with van der Waals surface area (Å²) in [6.45, 7) is 5.82. The number of morpholine rings is 1. The molecule has 106 valence electrons. The largest absolute Gasteiger partial charge is 0.390 e. The molecule has 1 aliphatic rings. The smallest absolute Gasteiger partial charge is 0.0964 e. The minimum atomic E-state index is -0.430. The van der Waals surface area contributed by atoms with Crippen molar-refractivity contribution in [2.75, 3.05) is 26.2 Å². The van der Waals surface area contributed by atoms with Gasteiger partial charge in [0.15, 0.2) is 0 Å². The highest BCUT2D eigenvalue weighted by Crippen LogP contribution is 2.16. The van der Waals surface area contributed by atoms with Gasteiger partial charge < -0.3 is 9.84 Å². The first-order valence-corrected chi connectivity index (χ1v) is 7.75. The molecule has 0 spiro atoms. The van der Waals surface area contributed by atoms with Crippen LogP contribution < -0.4 is 0 Å². The highest BCUT2D eigenvalue weighted by atomic mass is 79.9. The number of nitrogens with zero attached hydrogens (tertiary/aromatic N) is 1. The summed E-state index contributed by atoms with van der Waals surface area (Å²) < 4.78 is 6.77. The summed E-state index contributed by atoms with van der Waals surface area (Å²) in [6.07, 6.45) is 1.30. The van der Waals surface area contributed by atoms with Crippen molar-refractivity contribution in [2.45, 2.75) is 32.0 Å². The van der Waals surface area contributed by atoms with Gasteiger partial charge in [-0.25, -0.2) is 0 Å². The molecule has 0 radical (unpaired) electrons. The van der Waals surface area contributed by atoms with Gasteiger partial charge in [0.05, 0.1) is 18.8 Å². The van der Waals surface area contributed by atoms with E-state index in [4.69, 9.17) is 4.74 Å². The van der Waals surface area contributed by atoms with Crippen molar-refractivity contribution < 1.29 is 9.84 Å². The fraction of sp³-hybridized carbons (Fsp3) is 0.600. The van der Waals surface area contributed by atoms with Crippen molar-refractivity contribution >= 4 is 15.9 Å². The van der Waals surface area contributed by atoms with Gasteiger partial charge in [0.25, 0.3) is 0 Å². The average molecular weight is 328 g/mol. The Hall–Kier alpha value is -0.420. The standard InChI is InChI=1S/C15H22BrNO2/c1-2-7-17-8-9-19-15(11-17)14(18)10-12-3-5-13(16)6-4-12/h3-6,14-15,18H,2,7-11H2,1H3. The molecule has 0 aliphatic carbocycles. The quantitative estimate of drug-likeness (QED) is 0.901. The third kappa shape index (κ3) is 4.56. The Morgan fingerprint density at radius 2 is 2.16 bits per heavy atom. The van der Waals surface area contributed by atoms with E-state index in [9.17, 15) is 5.11 Å². The molecule has 1 saturated heterocycles. The zero-order valence-corrected chi connectivity index (χ0v) is 13.0. The molecule has 2 unspecified atom stereocenters. The number of rotatable bonds is 5. The first-order chi connectivity index (χ1) is 9.19. The number of aliphatic hydroxyl groups is 1. The number of hydrogen-bond acceptors (Lipinski definition) is 3. The van der Waals surface area contributed by atoms with Crippen LogP contribution >= 0.6 is 15.9 Å². The summed E-state index contributed by atoms with van der Waals surface area (Å²) in [5.41, 5.74) is 1.15. The van der Waals surface area contributed by atoms with Crippen LogP contribution in [0.15, 0.2) is 28.7 Å². The van der Waals surface area contributed by atoms with Crippen molar-refractivity contribution in [1.82, 2.24) is 4.90 Å². The normalized spacial score (nSPS) is 22.4. The van der Waals surface area contributed by atoms with E-state index in [1.807, 2.05) is 24.3 Å². The van der Waals surface area contributed by atoms with Gasteiger partial charge in [0.2, 0.25) is 0 Å². The molecule has 19 heavy (non-hydrogen) atoms. The lowest BCUT2D eigenvalue weighted by molar-refractivity contribution is -0.0877. The van der Waals surface area contributed by atoms with E-state index in [1.54, 1.807) is 0 Å². The fourth-order valence-electron chi connectivity index (χ4n) is 2.48. The van der Waals surface area contributed by atoms with E-state index in [-0.39, 0.29) is 6.10 Å². The molecule has 1 aliphatic heterocycles. The SMILES string of the molecule is CCCN1CCOC(C(O)Cc2ccc(Br)cc2)C1. The Bertz CT molecular complexity index is 380. The molecule has 1 aromatic rings. The van der Waals surface area contributed by atoms with Crippen molar-refractivity contribution in [3.05, 3.63) is 34.3 Å². The van der Waals surface area contributed by atoms with E-state index in [0.717, 1.165) is 42.7 Å². The Balaban J connectivity index is 1.88. The topological polar surface area (TPSA) is 32.7 Å². The van der Waals surface area contributed by atoms with Gasteiger partial charge in [-0.2, -0.15) is 0 Å². The lowest BCUT2D eigenvalue weighted by Gasteiger charge is -2.35. The van der Waals surface area contributed by atoms with Gasteiger partial charge in [-0.15, -0.1) is 0 Å². The summed E-state index contributed by atoms with van der Waals surface area (Å²) in [4.78, 5) is 2.37. The molecule has 0 saturated carbocycles. The molecular weight excluding hydrogens is 306 g/mol. The van der Waals surface area contributed by atoms with E-state index in [0.29, 0.717) is 6.42 Å². The van der Waals surface area contributed by atoms with Crippen LogP contribution in [0.1, 0.15) is 18.9 Å². The van der Waals surface area contributed by atoms with E-state index < -0.39 is 6.10 Å². The van der Waals surface area contributed by atoms with Gasteiger partial charge in [0, 0.05) is 24.0 Å². The second-order valence-corrected chi connectivity index (χ2v) is 6.02. The number of ether oxygens (including phenoxy) is 1. The maximum atomic E-state index is 10.3. The number of hydrogen-bond donors (Lipinski definition) is 1. The van der Waals surface area contributed by atoms with Crippen LogP contribution in [0, 0.1) is 0 Å². The summed E-state index contributed by atoms with van der Waals surface area (Å²) in [6, 6.07) is 8.10. The van der Waals surface area contributed by atoms with Crippen LogP contribution in [0.3, 0.4) is 0 Å². The average Bonchev–Trinajstić information content (AvgIpc) is 2.42. The minimum Gasteiger partial charge on any atom is -0.390 e. The molecule has 3 nitrogen and oxygen atoms in total. The van der Waals surface area contributed by atoms with Crippen LogP contribution in [-0.4, -0.2) is 48.5 Å². The van der Waals surface area contributed by atoms with Gasteiger partial charge in [-0.3, -0.25) is 4.90 Å². The Morgan fingerprint density at radius 1 is 1.42 bits per heavy atom. The Kier molecular flexibility index (Phi) is 5.82. The maximum Gasteiger partial charge on any atom is 0.0964 e. The van der Waals surface area contributed by atoms with E-state index in [1.165, 1.54) is 0 Å². The second kappa shape index (κ2) is 7.39. The van der Waals surface area contributed by atoms with E-state index in [2.05, 4.69) is 27.8 Å². The van der Waals surface area contributed by atoms with Crippen molar-refractivity contribution in [3.8, 4) is 0 Å². The predicted octanol–water partition coefficient (Wildman–Crippen LogP) is 2.46. The third-order valence-electron chi connectivity index (χ3n) is 3.50. The van der Waals surface area contributed by atoms with Gasteiger partial charge >= 0.3 is 0 Å². The van der Waals surface area contributed by atoms with Crippen LogP contribution in [-0.2, 0) is 11.2 Å². The summed E-state index contributed by atoms with van der Waals surface area (Å²) >= 11 is 3.42. The van der Waals surface area contributed by atoms with Crippen LogP contribution in [0.2, 0.25) is 0 Å². The first kappa shape index (κ1) is 15.0. The molecule has 0 bridgehead atoms. The van der Waals surface area contributed by atoms with Crippen LogP contribution in [0.4, 0.5) is 0 Å². The van der Waals surface area contributed by atoms with Crippen molar-refractivity contribution in [1.29, 1.82) is 0 Å². The molecule has 0 amide bonds. The second-order valence-electron chi connectivity index (χ2n) is 5.11. The summed E-state index contributed by atoms with van der Waals surface area (Å²) in [5.74, 6) is 0.